The molecular formula is C27H28ClN3O4. The van der Waals surface area contributed by atoms with Gasteiger partial charge in [0.2, 0.25) is 5.82 Å². The third-order valence-corrected chi connectivity index (χ3v) is 5.54. The van der Waals surface area contributed by atoms with Gasteiger partial charge in [-0.05, 0) is 52.9 Å². The highest BCUT2D eigenvalue weighted by molar-refractivity contribution is 5.85. The van der Waals surface area contributed by atoms with Crippen molar-refractivity contribution in [2.75, 3.05) is 13.7 Å². The molecule has 0 bridgehead atoms. The summed E-state index contributed by atoms with van der Waals surface area (Å²) < 4.78 is 11.0. The summed E-state index contributed by atoms with van der Waals surface area (Å²) in [5.41, 5.74) is 7.20. The molecule has 4 aromatic rings. The third-order valence-electron chi connectivity index (χ3n) is 5.54. The predicted molar refractivity (Wildman–Crippen MR) is 137 cm³/mol. The highest BCUT2D eigenvalue weighted by Crippen LogP contribution is 2.31. The fourth-order valence-electron chi connectivity index (χ4n) is 3.85. The van der Waals surface area contributed by atoms with Gasteiger partial charge in [-0.1, -0.05) is 53.7 Å². The fraction of sp³-hybridized carbons (Fsp3) is 0.222. The van der Waals surface area contributed by atoms with E-state index in [2.05, 4.69) is 40.6 Å². The average molecular weight is 494 g/mol. The van der Waals surface area contributed by atoms with E-state index < -0.39 is 5.97 Å². The van der Waals surface area contributed by atoms with Crippen LogP contribution in [0.4, 0.5) is 0 Å². The van der Waals surface area contributed by atoms with Crippen molar-refractivity contribution < 1.29 is 19.2 Å². The van der Waals surface area contributed by atoms with Gasteiger partial charge >= 0.3 is 5.97 Å². The van der Waals surface area contributed by atoms with Gasteiger partial charge in [0.1, 0.15) is 0 Å². The Morgan fingerprint density at radius 2 is 1.86 bits per heavy atom. The van der Waals surface area contributed by atoms with Gasteiger partial charge in [-0.15, -0.1) is 12.4 Å². The number of hydrogen-bond acceptors (Lipinski definition) is 6. The van der Waals surface area contributed by atoms with Gasteiger partial charge in [0.25, 0.3) is 5.89 Å². The molecule has 0 aliphatic carbocycles. The second-order valence-electron chi connectivity index (χ2n) is 8.06. The number of hydrogen-bond donors (Lipinski definition) is 2. The molecule has 8 heteroatoms. The van der Waals surface area contributed by atoms with Crippen molar-refractivity contribution in [1.82, 2.24) is 15.5 Å². The molecule has 2 N–H and O–H groups in total. The van der Waals surface area contributed by atoms with Crippen LogP contribution in [0.2, 0.25) is 0 Å². The normalized spacial score (nSPS) is 10.7. The number of aliphatic carboxylic acids is 1. The number of carboxylic acids is 1. The van der Waals surface area contributed by atoms with E-state index in [4.69, 9.17) is 14.4 Å². The minimum Gasteiger partial charge on any atom is -0.481 e. The lowest BCUT2D eigenvalue weighted by molar-refractivity contribution is -0.136. The molecule has 0 amide bonds. The number of carbonyl (C=O) groups is 1. The number of nitrogens with zero attached hydrogens (tertiary/aromatic N) is 2. The first kappa shape index (κ1) is 26.1. The Morgan fingerprint density at radius 1 is 1.03 bits per heavy atom. The Kier molecular flexibility index (Phi) is 9.14. The summed E-state index contributed by atoms with van der Waals surface area (Å²) in [6.07, 6.45) is 0.0849. The van der Waals surface area contributed by atoms with E-state index in [0.29, 0.717) is 31.4 Å². The van der Waals surface area contributed by atoms with Crippen LogP contribution in [0.1, 0.15) is 23.1 Å². The fourth-order valence-corrected chi connectivity index (χ4v) is 3.85. The highest BCUT2D eigenvalue weighted by Gasteiger charge is 2.15. The quantitative estimate of drug-likeness (QED) is 0.281. The molecular weight excluding hydrogens is 466 g/mol. The topological polar surface area (TPSA) is 97.5 Å². The lowest BCUT2D eigenvalue weighted by Gasteiger charge is -2.12. The van der Waals surface area contributed by atoms with Crippen molar-refractivity contribution >= 4 is 18.4 Å². The van der Waals surface area contributed by atoms with Crippen LogP contribution in [0.5, 0.6) is 0 Å². The number of nitrogens with one attached hydrogen (secondary N) is 1. The molecule has 0 spiro atoms. The first-order valence-corrected chi connectivity index (χ1v) is 11.1. The minimum atomic E-state index is -0.818. The van der Waals surface area contributed by atoms with Crippen LogP contribution in [0.3, 0.4) is 0 Å². The van der Waals surface area contributed by atoms with Gasteiger partial charge < -0.3 is 19.7 Å². The molecule has 0 aliphatic rings. The van der Waals surface area contributed by atoms with Gasteiger partial charge in [0.05, 0.1) is 13.0 Å². The second-order valence-corrected chi connectivity index (χ2v) is 8.06. The van der Waals surface area contributed by atoms with Gasteiger partial charge in [-0.2, -0.15) is 4.98 Å². The monoisotopic (exact) mass is 493 g/mol. The van der Waals surface area contributed by atoms with Crippen molar-refractivity contribution in [3.8, 4) is 34.0 Å². The Morgan fingerprint density at radius 3 is 2.63 bits per heavy atom. The molecule has 0 saturated heterocycles. The number of benzene rings is 3. The number of halogens is 1. The summed E-state index contributed by atoms with van der Waals surface area (Å²) in [5, 5.41) is 16.1. The van der Waals surface area contributed by atoms with E-state index >= 15 is 0 Å². The van der Waals surface area contributed by atoms with E-state index in [1.54, 1.807) is 7.11 Å². The average Bonchev–Trinajstić information content (AvgIpc) is 3.33. The van der Waals surface area contributed by atoms with Crippen LogP contribution < -0.4 is 5.32 Å². The van der Waals surface area contributed by atoms with Gasteiger partial charge in [0.15, 0.2) is 0 Å². The summed E-state index contributed by atoms with van der Waals surface area (Å²) >= 11 is 0. The smallest absolute Gasteiger partial charge is 0.304 e. The summed E-state index contributed by atoms with van der Waals surface area (Å²) in [5.74, 6) is 0.119. The predicted octanol–water partition coefficient (Wildman–Crippen LogP) is 5.51. The molecule has 1 aromatic heterocycles. The lowest BCUT2D eigenvalue weighted by atomic mass is 9.94. The van der Waals surface area contributed by atoms with Crippen LogP contribution in [-0.2, 0) is 22.7 Å². The zero-order valence-electron chi connectivity index (χ0n) is 19.7. The van der Waals surface area contributed by atoms with Crippen molar-refractivity contribution in [3.63, 3.8) is 0 Å². The Balaban J connectivity index is 0.00000342. The van der Waals surface area contributed by atoms with Crippen molar-refractivity contribution in [2.45, 2.75) is 26.5 Å². The van der Waals surface area contributed by atoms with Crippen molar-refractivity contribution in [3.05, 3.63) is 83.4 Å². The van der Waals surface area contributed by atoms with Gasteiger partial charge in [-0.3, -0.25) is 4.79 Å². The van der Waals surface area contributed by atoms with Gasteiger partial charge in [0, 0.05) is 31.3 Å². The van der Waals surface area contributed by atoms with E-state index in [9.17, 15) is 4.79 Å². The maximum Gasteiger partial charge on any atom is 0.304 e. The molecule has 7 nitrogen and oxygen atoms in total. The number of ether oxygens (including phenoxy) is 1. The molecule has 0 saturated carbocycles. The zero-order chi connectivity index (χ0) is 23.9. The number of aromatic nitrogens is 2. The molecule has 4 rings (SSSR count). The molecule has 0 fully saturated rings. The summed E-state index contributed by atoms with van der Waals surface area (Å²) in [7, 11) is 1.68. The third kappa shape index (κ3) is 6.54. The summed E-state index contributed by atoms with van der Waals surface area (Å²) in [4.78, 5) is 15.3. The minimum absolute atomic E-state index is 0. The largest absolute Gasteiger partial charge is 0.481 e. The Labute approximate surface area is 210 Å². The van der Waals surface area contributed by atoms with Crippen LogP contribution in [0.15, 0.2) is 71.3 Å². The SMILES string of the molecule is COCc1cc(-c2nc(-c3cccc(CNCCC(=O)O)c3)no2)ccc1-c1ccccc1C.Cl. The first-order chi connectivity index (χ1) is 16.5. The molecule has 182 valence electrons. The molecule has 0 aliphatic heterocycles. The molecule has 1 heterocycles. The van der Waals surface area contributed by atoms with Crippen molar-refractivity contribution in [2.24, 2.45) is 0 Å². The van der Waals surface area contributed by atoms with E-state index in [1.165, 1.54) is 11.1 Å². The molecule has 0 radical (unpaired) electrons. The van der Waals surface area contributed by atoms with E-state index in [-0.39, 0.29) is 18.8 Å². The molecule has 0 atom stereocenters. The van der Waals surface area contributed by atoms with Crippen molar-refractivity contribution in [1.29, 1.82) is 0 Å². The van der Waals surface area contributed by atoms with Gasteiger partial charge in [-0.25, -0.2) is 0 Å². The standard InChI is InChI=1S/C27H27N3O4.ClH/c1-18-6-3-4-9-23(18)24-11-10-21(15-22(24)17-33-2)27-29-26(30-34-27)20-8-5-7-19(14-20)16-28-13-12-25(31)32;/h3-11,14-15,28H,12-13,16-17H2,1-2H3,(H,31,32);1H. The Bertz CT molecular complexity index is 1290. The summed E-state index contributed by atoms with van der Waals surface area (Å²) in [6.45, 7) is 3.54. The van der Waals surface area contributed by atoms with Crippen LogP contribution >= 0.6 is 12.4 Å². The van der Waals surface area contributed by atoms with Crippen LogP contribution in [0.25, 0.3) is 34.0 Å². The second kappa shape index (κ2) is 12.3. The molecule has 35 heavy (non-hydrogen) atoms. The summed E-state index contributed by atoms with van der Waals surface area (Å²) in [6, 6.07) is 22.2. The lowest BCUT2D eigenvalue weighted by Crippen LogP contribution is -2.17. The first-order valence-electron chi connectivity index (χ1n) is 11.1. The number of aryl methyl sites for hydroxylation is 1. The number of rotatable bonds is 10. The zero-order valence-corrected chi connectivity index (χ0v) is 20.5. The van der Waals surface area contributed by atoms with Crippen LogP contribution in [-0.4, -0.2) is 34.9 Å². The highest BCUT2D eigenvalue weighted by atomic mass is 35.5. The number of methoxy groups -OCH3 is 1. The molecule has 0 unspecified atom stereocenters. The van der Waals surface area contributed by atoms with E-state index in [1.807, 2.05) is 48.5 Å². The maximum atomic E-state index is 10.7. The molecule has 3 aromatic carbocycles. The Hall–Kier alpha value is -3.52. The maximum absolute atomic E-state index is 10.7. The van der Waals surface area contributed by atoms with E-state index in [0.717, 1.165) is 27.8 Å². The van der Waals surface area contributed by atoms with Crippen LogP contribution in [0, 0.1) is 6.92 Å². The number of carboxylic acid groups (broad SMARTS) is 1.